The summed E-state index contributed by atoms with van der Waals surface area (Å²) in [4.78, 5) is 0. The lowest BCUT2D eigenvalue weighted by Gasteiger charge is -1.99. The smallest absolute Gasteiger partial charge is 0.0604 e. The Hall–Kier alpha value is -0.480. The highest BCUT2D eigenvalue weighted by Gasteiger charge is 2.36. The van der Waals surface area contributed by atoms with Crippen LogP contribution in [0.15, 0.2) is 0 Å². The molecular formula is C12H20O. The van der Waals surface area contributed by atoms with Crippen molar-refractivity contribution >= 4 is 0 Å². The predicted molar refractivity (Wildman–Crippen MR) is 55.4 cm³/mol. The van der Waals surface area contributed by atoms with Crippen molar-refractivity contribution in [2.24, 2.45) is 5.92 Å². The van der Waals surface area contributed by atoms with Gasteiger partial charge in [-0.25, -0.2) is 0 Å². The molecule has 1 saturated carbocycles. The number of methoxy groups -OCH3 is 1. The van der Waals surface area contributed by atoms with Crippen LogP contribution in [-0.2, 0) is 4.74 Å². The van der Waals surface area contributed by atoms with Gasteiger partial charge in [-0.1, -0.05) is 19.3 Å². The van der Waals surface area contributed by atoms with E-state index >= 15 is 0 Å². The SMILES string of the molecule is C#CCCCCCCC1CC1OC. The van der Waals surface area contributed by atoms with E-state index in [2.05, 4.69) is 5.92 Å². The third-order valence-electron chi connectivity index (χ3n) is 2.81. The van der Waals surface area contributed by atoms with E-state index in [9.17, 15) is 0 Å². The Balaban J connectivity index is 1.78. The van der Waals surface area contributed by atoms with Gasteiger partial charge in [0.05, 0.1) is 6.10 Å². The maximum absolute atomic E-state index is 5.24. The zero-order valence-electron chi connectivity index (χ0n) is 8.59. The lowest BCUT2D eigenvalue weighted by Crippen LogP contribution is -1.91. The number of terminal acetylenes is 1. The molecule has 1 fully saturated rings. The fourth-order valence-electron chi connectivity index (χ4n) is 1.80. The summed E-state index contributed by atoms with van der Waals surface area (Å²) >= 11 is 0. The first-order valence-electron chi connectivity index (χ1n) is 5.34. The van der Waals surface area contributed by atoms with Crippen LogP contribution in [0.3, 0.4) is 0 Å². The molecule has 1 rings (SSSR count). The molecule has 13 heavy (non-hydrogen) atoms. The van der Waals surface area contributed by atoms with Crippen molar-refractivity contribution < 1.29 is 4.74 Å². The molecule has 0 aromatic heterocycles. The van der Waals surface area contributed by atoms with Gasteiger partial charge in [-0.15, -0.1) is 12.3 Å². The van der Waals surface area contributed by atoms with E-state index < -0.39 is 0 Å². The van der Waals surface area contributed by atoms with E-state index in [1.54, 1.807) is 0 Å². The monoisotopic (exact) mass is 180 g/mol. The summed E-state index contributed by atoms with van der Waals surface area (Å²) in [5.74, 6) is 3.55. The highest BCUT2D eigenvalue weighted by Crippen LogP contribution is 2.37. The van der Waals surface area contributed by atoms with Gasteiger partial charge in [0.1, 0.15) is 0 Å². The molecule has 0 spiro atoms. The lowest BCUT2D eigenvalue weighted by molar-refractivity contribution is 0.167. The second kappa shape index (κ2) is 6.05. The highest BCUT2D eigenvalue weighted by molar-refractivity contribution is 4.87. The van der Waals surface area contributed by atoms with Crippen LogP contribution in [0, 0.1) is 18.3 Å². The van der Waals surface area contributed by atoms with Gasteiger partial charge >= 0.3 is 0 Å². The van der Waals surface area contributed by atoms with Crippen molar-refractivity contribution in [3.05, 3.63) is 0 Å². The summed E-state index contributed by atoms with van der Waals surface area (Å²) in [6.07, 6.45) is 14.6. The first kappa shape index (κ1) is 10.6. The zero-order valence-corrected chi connectivity index (χ0v) is 8.59. The van der Waals surface area contributed by atoms with Gasteiger partial charge in [-0.3, -0.25) is 0 Å². The van der Waals surface area contributed by atoms with Crippen molar-refractivity contribution in [1.82, 2.24) is 0 Å². The minimum Gasteiger partial charge on any atom is -0.381 e. The minimum absolute atomic E-state index is 0.589. The molecule has 0 saturated heterocycles. The lowest BCUT2D eigenvalue weighted by atomic mass is 10.1. The first-order chi connectivity index (χ1) is 6.38. The van der Waals surface area contributed by atoms with Crippen molar-refractivity contribution in [1.29, 1.82) is 0 Å². The van der Waals surface area contributed by atoms with E-state index in [-0.39, 0.29) is 0 Å². The Kier molecular flexibility index (Phi) is 4.93. The van der Waals surface area contributed by atoms with Crippen LogP contribution in [0.25, 0.3) is 0 Å². The van der Waals surface area contributed by atoms with Crippen molar-refractivity contribution in [3.63, 3.8) is 0 Å². The van der Waals surface area contributed by atoms with Crippen LogP contribution < -0.4 is 0 Å². The molecule has 0 radical (unpaired) electrons. The Morgan fingerprint density at radius 1 is 1.31 bits per heavy atom. The Morgan fingerprint density at radius 3 is 2.69 bits per heavy atom. The molecule has 0 amide bonds. The van der Waals surface area contributed by atoms with Gasteiger partial charge in [0.25, 0.3) is 0 Å². The molecule has 1 nitrogen and oxygen atoms in total. The van der Waals surface area contributed by atoms with E-state index in [1.807, 2.05) is 7.11 Å². The quantitative estimate of drug-likeness (QED) is 0.432. The molecule has 0 aromatic carbocycles. The predicted octanol–water partition coefficient (Wildman–Crippen LogP) is 3.00. The summed E-state index contributed by atoms with van der Waals surface area (Å²) in [7, 11) is 1.82. The van der Waals surface area contributed by atoms with E-state index in [0.29, 0.717) is 6.10 Å². The summed E-state index contributed by atoms with van der Waals surface area (Å²) in [6.45, 7) is 0. The second-order valence-electron chi connectivity index (χ2n) is 3.93. The third kappa shape index (κ3) is 4.33. The van der Waals surface area contributed by atoms with Crippen LogP contribution in [0.5, 0.6) is 0 Å². The average molecular weight is 180 g/mol. The number of ether oxygens (including phenoxy) is 1. The molecule has 0 N–H and O–H groups in total. The number of hydrogen-bond acceptors (Lipinski definition) is 1. The summed E-state index contributed by atoms with van der Waals surface area (Å²) in [6, 6.07) is 0. The molecule has 0 heterocycles. The standard InChI is InChI=1S/C12H20O/c1-3-4-5-6-7-8-9-11-10-12(11)13-2/h1,11-12H,4-10H2,2H3. The van der Waals surface area contributed by atoms with Gasteiger partial charge in [-0.05, 0) is 25.2 Å². The Bertz CT molecular complexity index is 168. The van der Waals surface area contributed by atoms with Gasteiger partial charge < -0.3 is 4.74 Å². The fourth-order valence-corrected chi connectivity index (χ4v) is 1.80. The average Bonchev–Trinajstić information content (AvgIpc) is 2.90. The van der Waals surface area contributed by atoms with Gasteiger partial charge in [0.15, 0.2) is 0 Å². The van der Waals surface area contributed by atoms with Gasteiger partial charge in [0.2, 0.25) is 0 Å². The van der Waals surface area contributed by atoms with E-state index in [4.69, 9.17) is 11.2 Å². The normalized spacial score (nSPS) is 25.5. The van der Waals surface area contributed by atoms with Crippen molar-refractivity contribution in [2.75, 3.05) is 7.11 Å². The summed E-state index contributed by atoms with van der Waals surface area (Å²) in [5.41, 5.74) is 0. The molecule has 74 valence electrons. The Morgan fingerprint density at radius 2 is 2.08 bits per heavy atom. The van der Waals surface area contributed by atoms with Crippen LogP contribution in [-0.4, -0.2) is 13.2 Å². The molecule has 0 aliphatic heterocycles. The number of hydrogen-bond donors (Lipinski definition) is 0. The van der Waals surface area contributed by atoms with Crippen molar-refractivity contribution in [3.8, 4) is 12.3 Å². The minimum atomic E-state index is 0.589. The van der Waals surface area contributed by atoms with Crippen LogP contribution in [0.4, 0.5) is 0 Å². The van der Waals surface area contributed by atoms with Gasteiger partial charge in [0, 0.05) is 13.5 Å². The fraction of sp³-hybridized carbons (Fsp3) is 0.833. The van der Waals surface area contributed by atoms with E-state index in [0.717, 1.165) is 12.3 Å². The number of unbranched alkanes of at least 4 members (excludes halogenated alkanes) is 4. The maximum atomic E-state index is 5.24. The molecule has 2 unspecified atom stereocenters. The molecule has 1 heteroatoms. The van der Waals surface area contributed by atoms with Crippen LogP contribution in [0.1, 0.15) is 44.9 Å². The summed E-state index contributed by atoms with van der Waals surface area (Å²) in [5, 5.41) is 0. The molecule has 0 bridgehead atoms. The molecule has 2 atom stereocenters. The van der Waals surface area contributed by atoms with E-state index in [1.165, 1.54) is 38.5 Å². The molecular weight excluding hydrogens is 160 g/mol. The largest absolute Gasteiger partial charge is 0.381 e. The number of rotatable bonds is 7. The maximum Gasteiger partial charge on any atom is 0.0604 e. The molecule has 0 aromatic rings. The van der Waals surface area contributed by atoms with Crippen molar-refractivity contribution in [2.45, 2.75) is 51.0 Å². The van der Waals surface area contributed by atoms with Crippen LogP contribution >= 0.6 is 0 Å². The highest BCUT2D eigenvalue weighted by atomic mass is 16.5. The topological polar surface area (TPSA) is 9.23 Å². The third-order valence-corrected chi connectivity index (χ3v) is 2.81. The molecule has 1 aliphatic rings. The first-order valence-corrected chi connectivity index (χ1v) is 5.34. The Labute approximate surface area is 81.9 Å². The zero-order chi connectivity index (χ0) is 9.52. The molecule has 1 aliphatic carbocycles. The summed E-state index contributed by atoms with van der Waals surface area (Å²) < 4.78 is 5.24. The van der Waals surface area contributed by atoms with Crippen LogP contribution in [0.2, 0.25) is 0 Å². The second-order valence-corrected chi connectivity index (χ2v) is 3.93. The van der Waals surface area contributed by atoms with Gasteiger partial charge in [-0.2, -0.15) is 0 Å².